The molecule has 88 valence electrons. The molecule has 16 heavy (non-hydrogen) atoms. The second kappa shape index (κ2) is 5.34. The molecule has 1 rings (SSSR count). The van der Waals surface area contributed by atoms with E-state index in [1.807, 2.05) is 14.1 Å². The molecule has 0 radical (unpaired) electrons. The van der Waals surface area contributed by atoms with Crippen LogP contribution in [0.15, 0.2) is 16.8 Å². The predicted molar refractivity (Wildman–Crippen MR) is 59.5 cm³/mol. The Morgan fingerprint density at radius 2 is 2.31 bits per heavy atom. The summed E-state index contributed by atoms with van der Waals surface area (Å²) in [6, 6.07) is 1.70. The van der Waals surface area contributed by atoms with Crippen LogP contribution in [0.3, 0.4) is 0 Å². The van der Waals surface area contributed by atoms with Crippen LogP contribution in [0.5, 0.6) is 0 Å². The SMILES string of the molecule is CCOC(=O)/C(=C\N(C)C)c1cc(C)no1. The Labute approximate surface area is 94.7 Å². The summed E-state index contributed by atoms with van der Waals surface area (Å²) in [6.07, 6.45) is 1.65. The summed E-state index contributed by atoms with van der Waals surface area (Å²) >= 11 is 0. The maximum Gasteiger partial charge on any atom is 0.343 e. The lowest BCUT2D eigenvalue weighted by Gasteiger charge is -2.08. The van der Waals surface area contributed by atoms with E-state index in [1.165, 1.54) is 0 Å². The van der Waals surface area contributed by atoms with Gasteiger partial charge in [0.2, 0.25) is 0 Å². The molecular weight excluding hydrogens is 208 g/mol. The number of aryl methyl sites for hydroxylation is 1. The fourth-order valence-electron chi connectivity index (χ4n) is 1.17. The van der Waals surface area contributed by atoms with E-state index in [4.69, 9.17) is 9.26 Å². The summed E-state index contributed by atoms with van der Waals surface area (Å²) in [5, 5.41) is 3.75. The average Bonchev–Trinajstić information content (AvgIpc) is 2.61. The first-order chi connectivity index (χ1) is 7.54. The van der Waals surface area contributed by atoms with Crippen LogP contribution >= 0.6 is 0 Å². The number of rotatable bonds is 4. The van der Waals surface area contributed by atoms with Crippen molar-refractivity contribution in [1.29, 1.82) is 0 Å². The lowest BCUT2D eigenvalue weighted by molar-refractivity contribution is -0.136. The van der Waals surface area contributed by atoms with E-state index < -0.39 is 5.97 Å². The second-order valence-electron chi connectivity index (χ2n) is 3.56. The second-order valence-corrected chi connectivity index (χ2v) is 3.56. The zero-order valence-corrected chi connectivity index (χ0v) is 9.98. The van der Waals surface area contributed by atoms with Crippen LogP contribution in [0.25, 0.3) is 5.57 Å². The average molecular weight is 224 g/mol. The first kappa shape index (κ1) is 12.3. The highest BCUT2D eigenvalue weighted by atomic mass is 16.5. The molecule has 0 spiro atoms. The van der Waals surface area contributed by atoms with Crippen molar-refractivity contribution >= 4 is 11.5 Å². The van der Waals surface area contributed by atoms with Gasteiger partial charge in [-0.1, -0.05) is 5.16 Å². The predicted octanol–water partition coefficient (Wildman–Crippen LogP) is 1.45. The number of carbonyl (C=O) groups excluding carboxylic acids is 1. The van der Waals surface area contributed by atoms with Gasteiger partial charge in [0, 0.05) is 26.4 Å². The number of hydrogen-bond acceptors (Lipinski definition) is 5. The minimum Gasteiger partial charge on any atom is -0.462 e. The molecule has 0 unspecified atom stereocenters. The summed E-state index contributed by atoms with van der Waals surface area (Å²) in [7, 11) is 3.64. The Morgan fingerprint density at radius 3 is 2.75 bits per heavy atom. The van der Waals surface area contributed by atoms with Crippen LogP contribution in [0.1, 0.15) is 18.4 Å². The quantitative estimate of drug-likeness (QED) is 0.572. The van der Waals surface area contributed by atoms with Crippen molar-refractivity contribution in [2.45, 2.75) is 13.8 Å². The van der Waals surface area contributed by atoms with Gasteiger partial charge in [0.15, 0.2) is 5.76 Å². The lowest BCUT2D eigenvalue weighted by Crippen LogP contribution is -2.11. The van der Waals surface area contributed by atoms with Gasteiger partial charge in [-0.25, -0.2) is 4.79 Å². The molecule has 0 amide bonds. The largest absolute Gasteiger partial charge is 0.462 e. The van der Waals surface area contributed by atoms with Gasteiger partial charge in [0.25, 0.3) is 0 Å². The third kappa shape index (κ3) is 3.12. The lowest BCUT2D eigenvalue weighted by atomic mass is 10.2. The van der Waals surface area contributed by atoms with Crippen LogP contribution in [-0.4, -0.2) is 36.7 Å². The smallest absolute Gasteiger partial charge is 0.343 e. The van der Waals surface area contributed by atoms with E-state index in [-0.39, 0.29) is 0 Å². The van der Waals surface area contributed by atoms with Crippen LogP contribution in [0.2, 0.25) is 0 Å². The Bertz CT molecular complexity index is 394. The molecule has 0 aliphatic carbocycles. The van der Waals surface area contributed by atoms with Gasteiger partial charge in [0.1, 0.15) is 5.57 Å². The van der Waals surface area contributed by atoms with E-state index in [9.17, 15) is 4.79 Å². The fraction of sp³-hybridized carbons (Fsp3) is 0.455. The number of esters is 1. The molecule has 0 saturated heterocycles. The van der Waals surface area contributed by atoms with Crippen LogP contribution in [0.4, 0.5) is 0 Å². The van der Waals surface area contributed by atoms with E-state index in [0.717, 1.165) is 5.69 Å². The highest BCUT2D eigenvalue weighted by Crippen LogP contribution is 2.17. The standard InChI is InChI=1S/C11H16N2O3/c1-5-15-11(14)9(7-13(3)4)10-6-8(2)12-16-10/h6-7H,5H2,1-4H3/b9-7-. The van der Waals surface area contributed by atoms with Crippen molar-refractivity contribution in [3.63, 3.8) is 0 Å². The Kier molecular flexibility index (Phi) is 4.10. The molecule has 1 aromatic rings. The van der Waals surface area contributed by atoms with Gasteiger partial charge >= 0.3 is 5.97 Å². The Hall–Kier alpha value is -1.78. The van der Waals surface area contributed by atoms with Gasteiger partial charge in [0.05, 0.1) is 12.3 Å². The first-order valence-electron chi connectivity index (χ1n) is 5.03. The molecule has 0 atom stereocenters. The zero-order chi connectivity index (χ0) is 12.1. The van der Waals surface area contributed by atoms with E-state index in [0.29, 0.717) is 17.9 Å². The van der Waals surface area contributed by atoms with Crippen molar-refractivity contribution in [3.05, 3.63) is 23.7 Å². The minimum atomic E-state index is -0.410. The van der Waals surface area contributed by atoms with Crippen molar-refractivity contribution in [3.8, 4) is 0 Å². The van der Waals surface area contributed by atoms with E-state index in [2.05, 4.69) is 5.16 Å². The van der Waals surface area contributed by atoms with Crippen LogP contribution < -0.4 is 0 Å². The van der Waals surface area contributed by atoms with Gasteiger partial charge in [-0.15, -0.1) is 0 Å². The van der Waals surface area contributed by atoms with Gasteiger partial charge in [-0.3, -0.25) is 0 Å². The van der Waals surface area contributed by atoms with Crippen molar-refractivity contribution < 1.29 is 14.1 Å². The van der Waals surface area contributed by atoms with Crippen LogP contribution in [-0.2, 0) is 9.53 Å². The summed E-state index contributed by atoms with van der Waals surface area (Å²) in [5.41, 5.74) is 1.09. The van der Waals surface area contributed by atoms with Gasteiger partial charge in [-0.2, -0.15) is 0 Å². The molecule has 0 fully saturated rings. The van der Waals surface area contributed by atoms with Gasteiger partial charge in [-0.05, 0) is 13.8 Å². The van der Waals surface area contributed by atoms with Crippen molar-refractivity contribution in [2.24, 2.45) is 0 Å². The molecule has 0 bridgehead atoms. The number of carbonyl (C=O) groups is 1. The molecule has 0 aliphatic heterocycles. The van der Waals surface area contributed by atoms with Gasteiger partial charge < -0.3 is 14.2 Å². The molecule has 0 aliphatic rings. The van der Waals surface area contributed by atoms with E-state index in [1.54, 1.807) is 31.0 Å². The minimum absolute atomic E-state index is 0.330. The monoisotopic (exact) mass is 224 g/mol. The summed E-state index contributed by atoms with van der Waals surface area (Å²) in [6.45, 7) is 3.89. The summed E-state index contributed by atoms with van der Waals surface area (Å²) in [5.74, 6) is 0.0111. The third-order valence-electron chi connectivity index (χ3n) is 1.78. The number of aromatic nitrogens is 1. The zero-order valence-electron chi connectivity index (χ0n) is 9.98. The molecule has 5 heteroatoms. The normalized spacial score (nSPS) is 11.4. The summed E-state index contributed by atoms with van der Waals surface area (Å²) < 4.78 is 10.00. The Balaban J connectivity index is 3.01. The first-order valence-corrected chi connectivity index (χ1v) is 5.03. The highest BCUT2D eigenvalue weighted by Gasteiger charge is 2.18. The van der Waals surface area contributed by atoms with Crippen LogP contribution in [0, 0.1) is 6.92 Å². The topological polar surface area (TPSA) is 55.6 Å². The number of nitrogens with zero attached hydrogens (tertiary/aromatic N) is 2. The molecule has 0 N–H and O–H groups in total. The molecule has 0 saturated carbocycles. The molecule has 1 heterocycles. The molecule has 5 nitrogen and oxygen atoms in total. The number of hydrogen-bond donors (Lipinski definition) is 0. The molecule has 0 aromatic carbocycles. The maximum atomic E-state index is 11.7. The third-order valence-corrected chi connectivity index (χ3v) is 1.78. The highest BCUT2D eigenvalue weighted by molar-refractivity contribution is 6.15. The summed E-state index contributed by atoms with van der Waals surface area (Å²) in [4.78, 5) is 13.4. The van der Waals surface area contributed by atoms with E-state index >= 15 is 0 Å². The molecular formula is C11H16N2O3. The molecule has 1 aromatic heterocycles. The van der Waals surface area contributed by atoms with Crippen molar-refractivity contribution in [2.75, 3.05) is 20.7 Å². The van der Waals surface area contributed by atoms with Crippen molar-refractivity contribution in [1.82, 2.24) is 10.1 Å². The number of ether oxygens (including phenoxy) is 1. The maximum absolute atomic E-state index is 11.7. The Morgan fingerprint density at radius 1 is 1.62 bits per heavy atom. The fourth-order valence-corrected chi connectivity index (χ4v) is 1.17.